The third kappa shape index (κ3) is 3.21. The van der Waals surface area contributed by atoms with E-state index in [1.807, 2.05) is 0 Å². The fraction of sp³-hybridized carbons (Fsp3) is 0.438. The summed E-state index contributed by atoms with van der Waals surface area (Å²) >= 11 is 3.57. The lowest BCUT2D eigenvalue weighted by molar-refractivity contribution is 0.0526. The molecule has 0 saturated carbocycles. The SMILES string of the molecule is CCOC(=O)c1c(NC(=O)c2c(I)cnn2C)sc2c1CCCC2. The van der Waals surface area contributed by atoms with Crippen LogP contribution < -0.4 is 5.32 Å². The second-order valence-corrected chi connectivity index (χ2v) is 7.82. The van der Waals surface area contributed by atoms with Crippen LogP contribution in [-0.2, 0) is 24.6 Å². The van der Waals surface area contributed by atoms with Gasteiger partial charge in [0.2, 0.25) is 0 Å². The molecule has 0 fully saturated rings. The van der Waals surface area contributed by atoms with Crippen LogP contribution in [0.15, 0.2) is 6.20 Å². The zero-order valence-corrected chi connectivity index (χ0v) is 16.5. The van der Waals surface area contributed by atoms with E-state index in [-0.39, 0.29) is 11.9 Å². The number of amides is 1. The smallest absolute Gasteiger partial charge is 0.341 e. The van der Waals surface area contributed by atoms with Gasteiger partial charge in [-0.15, -0.1) is 11.3 Å². The van der Waals surface area contributed by atoms with Crippen LogP contribution in [0.25, 0.3) is 0 Å². The summed E-state index contributed by atoms with van der Waals surface area (Å²) in [5, 5.41) is 7.58. The molecule has 0 unspecified atom stereocenters. The highest BCUT2D eigenvalue weighted by atomic mass is 127. The Bertz CT molecular complexity index is 777. The van der Waals surface area contributed by atoms with Gasteiger partial charge < -0.3 is 10.1 Å². The van der Waals surface area contributed by atoms with E-state index in [2.05, 4.69) is 33.0 Å². The van der Waals surface area contributed by atoms with Gasteiger partial charge in [-0.25, -0.2) is 4.79 Å². The molecule has 0 aromatic carbocycles. The van der Waals surface area contributed by atoms with Crippen molar-refractivity contribution in [2.45, 2.75) is 32.6 Å². The molecule has 1 amide bonds. The van der Waals surface area contributed by atoms with Gasteiger partial charge >= 0.3 is 5.97 Å². The summed E-state index contributed by atoms with van der Waals surface area (Å²) < 4.78 is 7.52. The molecule has 8 heteroatoms. The number of fused-ring (bicyclic) bond motifs is 1. The lowest BCUT2D eigenvalue weighted by Crippen LogP contribution is -2.19. The Labute approximate surface area is 157 Å². The van der Waals surface area contributed by atoms with Crippen molar-refractivity contribution in [1.82, 2.24) is 9.78 Å². The van der Waals surface area contributed by atoms with E-state index < -0.39 is 0 Å². The number of ether oxygens (including phenoxy) is 1. The standard InChI is InChI=1S/C16H18IN3O3S/c1-3-23-16(22)12-9-6-4-5-7-11(9)24-15(12)19-14(21)13-10(17)8-18-20(13)2/h8H,3-7H2,1-2H3,(H,19,21). The van der Waals surface area contributed by atoms with Crippen molar-refractivity contribution in [2.75, 3.05) is 11.9 Å². The number of carbonyl (C=O) groups excluding carboxylic acids is 2. The van der Waals surface area contributed by atoms with E-state index in [0.717, 1.165) is 34.8 Å². The Morgan fingerprint density at radius 2 is 2.17 bits per heavy atom. The number of esters is 1. The first-order chi connectivity index (χ1) is 11.5. The summed E-state index contributed by atoms with van der Waals surface area (Å²) in [4.78, 5) is 26.2. The molecule has 0 saturated heterocycles. The number of aryl methyl sites for hydroxylation is 2. The number of halogens is 1. The first-order valence-corrected chi connectivity index (χ1v) is 9.73. The summed E-state index contributed by atoms with van der Waals surface area (Å²) in [5.41, 5.74) is 2.05. The van der Waals surface area contributed by atoms with Crippen molar-refractivity contribution < 1.29 is 14.3 Å². The molecule has 1 aliphatic carbocycles. The third-order valence-electron chi connectivity index (χ3n) is 3.99. The zero-order chi connectivity index (χ0) is 17.3. The van der Waals surface area contributed by atoms with Gasteiger partial charge in [-0.05, 0) is 60.8 Å². The van der Waals surface area contributed by atoms with Crippen LogP contribution in [0, 0.1) is 3.57 Å². The molecular formula is C16H18IN3O3S. The minimum absolute atomic E-state index is 0.261. The van der Waals surface area contributed by atoms with E-state index >= 15 is 0 Å². The lowest BCUT2D eigenvalue weighted by atomic mass is 9.95. The Balaban J connectivity index is 1.97. The predicted molar refractivity (Wildman–Crippen MR) is 101 cm³/mol. The number of hydrogen-bond donors (Lipinski definition) is 1. The first kappa shape index (κ1) is 17.4. The van der Waals surface area contributed by atoms with Crippen molar-refractivity contribution >= 4 is 50.8 Å². The maximum absolute atomic E-state index is 12.6. The summed E-state index contributed by atoms with van der Waals surface area (Å²) in [6.07, 6.45) is 5.62. The normalized spacial score (nSPS) is 13.5. The quantitative estimate of drug-likeness (QED) is 0.562. The maximum Gasteiger partial charge on any atom is 0.341 e. The Morgan fingerprint density at radius 1 is 1.42 bits per heavy atom. The summed E-state index contributed by atoms with van der Waals surface area (Å²) in [5.74, 6) is -0.615. The highest BCUT2D eigenvalue weighted by Gasteiger charge is 2.28. The topological polar surface area (TPSA) is 73.2 Å². The average molecular weight is 459 g/mol. The first-order valence-electron chi connectivity index (χ1n) is 7.83. The van der Waals surface area contributed by atoms with Crippen LogP contribution >= 0.6 is 33.9 Å². The van der Waals surface area contributed by atoms with Gasteiger partial charge in [0.05, 0.1) is 21.9 Å². The van der Waals surface area contributed by atoms with Crippen molar-refractivity contribution in [3.63, 3.8) is 0 Å². The molecule has 24 heavy (non-hydrogen) atoms. The molecule has 2 aromatic heterocycles. The molecule has 2 heterocycles. The van der Waals surface area contributed by atoms with E-state index in [4.69, 9.17) is 4.74 Å². The minimum atomic E-state index is -0.355. The van der Waals surface area contributed by atoms with Crippen LogP contribution in [-0.4, -0.2) is 28.3 Å². The maximum atomic E-state index is 12.6. The molecule has 0 atom stereocenters. The molecule has 2 aromatic rings. The minimum Gasteiger partial charge on any atom is -0.462 e. The van der Waals surface area contributed by atoms with E-state index in [9.17, 15) is 9.59 Å². The van der Waals surface area contributed by atoms with Crippen molar-refractivity contribution in [3.05, 3.63) is 31.5 Å². The van der Waals surface area contributed by atoms with Crippen LogP contribution in [0.2, 0.25) is 0 Å². The number of hydrogen-bond acceptors (Lipinski definition) is 5. The number of nitrogens with zero attached hydrogens (tertiary/aromatic N) is 2. The molecule has 0 aliphatic heterocycles. The zero-order valence-electron chi connectivity index (χ0n) is 13.5. The highest BCUT2D eigenvalue weighted by Crippen LogP contribution is 2.38. The second-order valence-electron chi connectivity index (χ2n) is 5.55. The number of aromatic nitrogens is 2. The average Bonchev–Trinajstić information content (AvgIpc) is 3.07. The van der Waals surface area contributed by atoms with Gasteiger partial charge in [-0.3, -0.25) is 9.48 Å². The third-order valence-corrected chi connectivity index (χ3v) is 5.98. The molecule has 128 valence electrons. The van der Waals surface area contributed by atoms with Crippen molar-refractivity contribution in [3.8, 4) is 0 Å². The van der Waals surface area contributed by atoms with Crippen LogP contribution in [0.5, 0.6) is 0 Å². The van der Waals surface area contributed by atoms with Crippen LogP contribution in [0.4, 0.5) is 5.00 Å². The molecule has 1 N–H and O–H groups in total. The number of carbonyl (C=O) groups is 2. The summed E-state index contributed by atoms with van der Waals surface area (Å²) in [7, 11) is 1.72. The number of nitrogens with one attached hydrogen (secondary N) is 1. The summed E-state index contributed by atoms with van der Waals surface area (Å²) in [6, 6.07) is 0. The largest absolute Gasteiger partial charge is 0.462 e. The molecule has 1 aliphatic rings. The molecule has 0 spiro atoms. The fourth-order valence-electron chi connectivity index (χ4n) is 2.90. The Hall–Kier alpha value is -1.42. The monoisotopic (exact) mass is 459 g/mol. The molecule has 0 radical (unpaired) electrons. The molecule has 0 bridgehead atoms. The number of rotatable bonds is 4. The van der Waals surface area contributed by atoms with Crippen LogP contribution in [0.3, 0.4) is 0 Å². The van der Waals surface area contributed by atoms with E-state index in [0.29, 0.717) is 22.9 Å². The predicted octanol–water partition coefficient (Wildman–Crippen LogP) is 3.39. The van der Waals surface area contributed by atoms with Crippen LogP contribution in [0.1, 0.15) is 51.1 Å². The van der Waals surface area contributed by atoms with Gasteiger partial charge in [0.1, 0.15) is 10.7 Å². The van der Waals surface area contributed by atoms with Gasteiger partial charge in [0.15, 0.2) is 0 Å². The van der Waals surface area contributed by atoms with Gasteiger partial charge in [-0.2, -0.15) is 5.10 Å². The fourth-order valence-corrected chi connectivity index (χ4v) is 4.89. The Morgan fingerprint density at radius 3 is 2.83 bits per heavy atom. The van der Waals surface area contributed by atoms with Gasteiger partial charge in [0.25, 0.3) is 5.91 Å². The molecule has 3 rings (SSSR count). The van der Waals surface area contributed by atoms with Gasteiger partial charge in [-0.1, -0.05) is 0 Å². The number of anilines is 1. The summed E-state index contributed by atoms with van der Waals surface area (Å²) in [6.45, 7) is 2.10. The second kappa shape index (κ2) is 7.22. The Kier molecular flexibility index (Phi) is 5.24. The van der Waals surface area contributed by atoms with Crippen molar-refractivity contribution in [2.24, 2.45) is 7.05 Å². The van der Waals surface area contributed by atoms with Gasteiger partial charge in [0, 0.05) is 11.9 Å². The number of thiophene rings is 1. The lowest BCUT2D eigenvalue weighted by Gasteiger charge is -2.12. The van der Waals surface area contributed by atoms with Crippen molar-refractivity contribution in [1.29, 1.82) is 0 Å². The highest BCUT2D eigenvalue weighted by molar-refractivity contribution is 14.1. The molecule has 6 nitrogen and oxygen atoms in total. The van der Waals surface area contributed by atoms with E-state index in [1.165, 1.54) is 20.9 Å². The van der Waals surface area contributed by atoms with E-state index in [1.54, 1.807) is 20.2 Å². The molecular weight excluding hydrogens is 441 g/mol.